The maximum Gasteiger partial charge on any atom is 0.410 e. The van der Waals surface area contributed by atoms with Crippen molar-refractivity contribution in [2.75, 3.05) is 19.7 Å². The Labute approximate surface area is 258 Å². The van der Waals surface area contributed by atoms with Crippen molar-refractivity contribution in [2.24, 2.45) is 39.9 Å². The van der Waals surface area contributed by atoms with Crippen molar-refractivity contribution >= 4 is 23.8 Å². The van der Waals surface area contributed by atoms with Crippen LogP contribution >= 0.6 is 0 Å². The van der Waals surface area contributed by atoms with Gasteiger partial charge in [0.05, 0.1) is 12.5 Å². The summed E-state index contributed by atoms with van der Waals surface area (Å²) < 4.78 is 23.9. The van der Waals surface area contributed by atoms with Crippen LogP contribution in [0.4, 0.5) is 4.79 Å². The second-order valence-corrected chi connectivity index (χ2v) is 15.7. The minimum Gasteiger partial charge on any atom is -0.462 e. The number of rotatable bonds is 3. The third-order valence-corrected chi connectivity index (χ3v) is 11.8. The maximum atomic E-state index is 14.4. The van der Waals surface area contributed by atoms with Crippen molar-refractivity contribution in [3.63, 3.8) is 0 Å². The first kappa shape index (κ1) is 31.5. The van der Waals surface area contributed by atoms with Crippen LogP contribution in [0.5, 0.6) is 0 Å². The number of piperidine rings is 1. The van der Waals surface area contributed by atoms with Gasteiger partial charge in [-0.15, -0.1) is 0 Å². The monoisotopic (exact) mass is 617 g/mol. The molecule has 4 aliphatic carbocycles. The number of likely N-dealkylation sites (tertiary alicyclic amines) is 1. The van der Waals surface area contributed by atoms with Crippen LogP contribution in [0.25, 0.3) is 0 Å². The highest BCUT2D eigenvalue weighted by Crippen LogP contribution is 2.77. The summed E-state index contributed by atoms with van der Waals surface area (Å²) in [5, 5.41) is 24.5. The lowest BCUT2D eigenvalue weighted by Gasteiger charge is -2.74. The number of carbonyl (C=O) groups is 4. The van der Waals surface area contributed by atoms with Gasteiger partial charge < -0.3 is 34.1 Å². The molecule has 1 unspecified atom stereocenters. The highest BCUT2D eigenvalue weighted by Gasteiger charge is 2.88. The molecule has 9 atom stereocenters. The number of aliphatic hydroxyl groups excluding tert-OH is 1. The van der Waals surface area contributed by atoms with E-state index in [2.05, 4.69) is 6.58 Å². The van der Waals surface area contributed by atoms with Gasteiger partial charge in [0.25, 0.3) is 0 Å². The number of ketones is 1. The summed E-state index contributed by atoms with van der Waals surface area (Å²) >= 11 is 0. The molecule has 11 nitrogen and oxygen atoms in total. The third-order valence-electron chi connectivity index (χ3n) is 11.8. The molecule has 0 aromatic heterocycles. The summed E-state index contributed by atoms with van der Waals surface area (Å²) in [6.07, 6.45) is -0.788. The van der Waals surface area contributed by atoms with E-state index in [1.807, 2.05) is 13.8 Å². The van der Waals surface area contributed by atoms with Gasteiger partial charge in [-0.2, -0.15) is 0 Å². The Balaban J connectivity index is 1.34. The first-order chi connectivity index (χ1) is 20.4. The number of hydrogen-bond acceptors (Lipinski definition) is 10. The molecule has 7 fully saturated rings. The molecular weight excluding hydrogens is 570 g/mol. The average Bonchev–Trinajstić information content (AvgIpc) is 3.04. The molecule has 3 aliphatic heterocycles. The number of nitrogens with zero attached hydrogens (tertiary/aromatic N) is 1. The quantitative estimate of drug-likeness (QED) is 0.275. The average molecular weight is 618 g/mol. The fourth-order valence-corrected chi connectivity index (χ4v) is 10.2. The van der Waals surface area contributed by atoms with E-state index >= 15 is 0 Å². The summed E-state index contributed by atoms with van der Waals surface area (Å²) in [5.41, 5.74) is -3.61. The Morgan fingerprint density at radius 2 is 1.70 bits per heavy atom. The van der Waals surface area contributed by atoms with Gasteiger partial charge in [0.1, 0.15) is 29.3 Å². The largest absolute Gasteiger partial charge is 0.462 e. The van der Waals surface area contributed by atoms with E-state index in [1.165, 1.54) is 6.92 Å². The molecule has 1 amide bonds. The molecule has 44 heavy (non-hydrogen) atoms. The number of carbonyl (C=O) groups excluding carboxylic acids is 4. The van der Waals surface area contributed by atoms with Gasteiger partial charge in [0.15, 0.2) is 5.78 Å². The fourth-order valence-electron chi connectivity index (χ4n) is 10.2. The number of ether oxygens (including phenoxy) is 4. The van der Waals surface area contributed by atoms with Crippen LogP contribution in [0.2, 0.25) is 0 Å². The molecule has 7 aliphatic rings. The predicted molar refractivity (Wildman–Crippen MR) is 155 cm³/mol. The molecular formula is C33H47NO10. The number of hydrogen-bond donors (Lipinski definition) is 2. The molecule has 4 bridgehead atoms. The molecule has 0 aromatic rings. The molecule has 11 heteroatoms. The number of fused-ring (bicyclic) bond motifs is 2. The molecule has 0 radical (unpaired) electrons. The zero-order chi connectivity index (χ0) is 32.2. The highest BCUT2D eigenvalue weighted by atomic mass is 16.7. The molecule has 244 valence electrons. The summed E-state index contributed by atoms with van der Waals surface area (Å²) in [5.74, 6) is -5.93. The van der Waals surface area contributed by atoms with Crippen LogP contribution in [0.15, 0.2) is 12.2 Å². The molecule has 4 saturated carbocycles. The van der Waals surface area contributed by atoms with E-state index in [4.69, 9.17) is 18.9 Å². The predicted octanol–water partition coefficient (Wildman–Crippen LogP) is 3.14. The Kier molecular flexibility index (Phi) is 7.15. The van der Waals surface area contributed by atoms with Gasteiger partial charge in [0.2, 0.25) is 5.79 Å². The first-order valence-electron chi connectivity index (χ1n) is 16.1. The highest BCUT2D eigenvalue weighted by molar-refractivity contribution is 6.05. The summed E-state index contributed by atoms with van der Waals surface area (Å²) in [4.78, 5) is 54.7. The van der Waals surface area contributed by atoms with Crippen LogP contribution < -0.4 is 0 Å². The van der Waals surface area contributed by atoms with Gasteiger partial charge in [0, 0.05) is 37.3 Å². The van der Waals surface area contributed by atoms with Crippen LogP contribution in [0.3, 0.4) is 0 Å². The van der Waals surface area contributed by atoms with Crippen LogP contribution in [-0.2, 0) is 33.3 Å². The van der Waals surface area contributed by atoms with Gasteiger partial charge in [-0.25, -0.2) is 4.79 Å². The third kappa shape index (κ3) is 4.10. The van der Waals surface area contributed by atoms with Crippen molar-refractivity contribution in [1.29, 1.82) is 0 Å². The Bertz CT molecular complexity index is 1280. The van der Waals surface area contributed by atoms with E-state index < -0.39 is 93.4 Å². The fraction of sp³-hybridized carbons (Fsp3) is 0.818. The van der Waals surface area contributed by atoms with Crippen molar-refractivity contribution in [3.05, 3.63) is 12.2 Å². The summed E-state index contributed by atoms with van der Waals surface area (Å²) in [6.45, 7) is 15.5. The minimum absolute atomic E-state index is 0.00718. The Morgan fingerprint density at radius 3 is 2.32 bits per heavy atom. The maximum absolute atomic E-state index is 14.4. The van der Waals surface area contributed by atoms with Crippen LogP contribution in [0, 0.1) is 39.9 Å². The van der Waals surface area contributed by atoms with Crippen molar-refractivity contribution in [1.82, 2.24) is 4.90 Å². The van der Waals surface area contributed by atoms with Crippen LogP contribution in [-0.4, -0.2) is 88.3 Å². The normalized spacial score (nSPS) is 42.8. The molecule has 7 rings (SSSR count). The number of amides is 1. The van der Waals surface area contributed by atoms with E-state index in [1.54, 1.807) is 25.7 Å². The lowest BCUT2D eigenvalue weighted by Crippen LogP contribution is -2.86. The number of Topliss-reactive ketones (excluding diaryl/α,β-unsaturated/α-hetero) is 1. The van der Waals surface area contributed by atoms with Gasteiger partial charge in [-0.3, -0.25) is 14.4 Å². The molecule has 3 heterocycles. The lowest BCUT2D eigenvalue weighted by molar-refractivity contribution is -0.458. The van der Waals surface area contributed by atoms with Crippen molar-refractivity contribution in [2.45, 2.75) is 110 Å². The van der Waals surface area contributed by atoms with Gasteiger partial charge in [-0.1, -0.05) is 20.4 Å². The standard InChI is InChI=1S/C33H47NO10/c1-17-20-8-9-21-31-16-41-33(40,25(37)23(31)30(6,7)13-10-22(31)42-18(2)35)32(21,24(17)36)26(20)43-27(38)19-11-14-34(15-12-19)28(39)44-29(3,4)5/h19-23,25-26,37,40H,1,8-16H2,2-7H3/t20-,21-,22-,23+,25-,26+,31+,32-,33?/m0/s1. The molecule has 2 N–H and O–H groups in total. The molecule has 3 saturated heterocycles. The zero-order valence-corrected chi connectivity index (χ0v) is 26.7. The summed E-state index contributed by atoms with van der Waals surface area (Å²) in [6, 6.07) is 0. The van der Waals surface area contributed by atoms with E-state index in [9.17, 15) is 29.4 Å². The number of aliphatic hydroxyl groups is 2. The van der Waals surface area contributed by atoms with E-state index in [0.29, 0.717) is 51.6 Å². The summed E-state index contributed by atoms with van der Waals surface area (Å²) in [7, 11) is 0. The van der Waals surface area contributed by atoms with Gasteiger partial charge >= 0.3 is 18.0 Å². The number of esters is 2. The van der Waals surface area contributed by atoms with Crippen molar-refractivity contribution < 1.29 is 48.3 Å². The second kappa shape index (κ2) is 10.00. The van der Waals surface area contributed by atoms with Crippen LogP contribution in [0.1, 0.15) is 80.1 Å². The first-order valence-corrected chi connectivity index (χ1v) is 16.1. The second-order valence-electron chi connectivity index (χ2n) is 15.7. The Hall–Kier alpha value is -2.50. The minimum atomic E-state index is -2.32. The van der Waals surface area contributed by atoms with E-state index in [0.717, 1.165) is 0 Å². The SMILES string of the molecule is C=C1C(=O)[C@]23[C@H](OC(=O)C4CCN(C(=O)OC(C)(C)C)CC4)[C@H]1CC[C@H]2[C@@]12COC3(O)[C@@H](O)[C@@H]1C(C)(C)CC[C@@H]2OC(C)=O. The van der Waals surface area contributed by atoms with Crippen molar-refractivity contribution in [3.8, 4) is 0 Å². The topological polar surface area (TPSA) is 149 Å². The molecule has 0 aromatic carbocycles. The zero-order valence-electron chi connectivity index (χ0n) is 26.7. The molecule has 2 spiro atoms. The van der Waals surface area contributed by atoms with Gasteiger partial charge in [-0.05, 0) is 76.2 Å². The lowest BCUT2D eigenvalue weighted by atomic mass is 9.35. The smallest absolute Gasteiger partial charge is 0.410 e. The van der Waals surface area contributed by atoms with E-state index in [-0.39, 0.29) is 12.2 Å². The Morgan fingerprint density at radius 1 is 1.05 bits per heavy atom.